The van der Waals surface area contributed by atoms with Gasteiger partial charge in [0.05, 0.1) is 12.6 Å². The average Bonchev–Trinajstić information content (AvgIpc) is 3.26. The summed E-state index contributed by atoms with van der Waals surface area (Å²) in [6.07, 6.45) is 5.24. The molecule has 104 valence electrons. The van der Waals surface area contributed by atoms with Crippen molar-refractivity contribution in [3.63, 3.8) is 0 Å². The fourth-order valence-electron chi connectivity index (χ4n) is 2.50. The molecule has 5 nitrogen and oxygen atoms in total. The van der Waals surface area contributed by atoms with Crippen molar-refractivity contribution in [1.29, 1.82) is 0 Å². The molecule has 1 aliphatic carbocycles. The number of ether oxygens (including phenoxy) is 2. The van der Waals surface area contributed by atoms with E-state index in [9.17, 15) is 0 Å². The first-order valence-corrected chi connectivity index (χ1v) is 7.14. The van der Waals surface area contributed by atoms with Gasteiger partial charge in [-0.05, 0) is 26.2 Å². The van der Waals surface area contributed by atoms with E-state index in [0.717, 1.165) is 24.5 Å². The summed E-state index contributed by atoms with van der Waals surface area (Å²) in [6.45, 7) is 4.17. The van der Waals surface area contributed by atoms with Crippen molar-refractivity contribution in [2.75, 3.05) is 25.1 Å². The summed E-state index contributed by atoms with van der Waals surface area (Å²) in [6, 6.07) is 2.35. The zero-order valence-corrected chi connectivity index (χ0v) is 11.3. The SMILES string of the molecule is CCO[C@@H]1COCC[C@H]1Nc1cc(C2CC2)ncn1. The van der Waals surface area contributed by atoms with Crippen molar-refractivity contribution < 1.29 is 9.47 Å². The third kappa shape index (κ3) is 3.22. The zero-order valence-electron chi connectivity index (χ0n) is 11.3. The van der Waals surface area contributed by atoms with Gasteiger partial charge in [-0.15, -0.1) is 0 Å². The van der Waals surface area contributed by atoms with Gasteiger partial charge in [-0.1, -0.05) is 0 Å². The molecule has 1 aromatic rings. The lowest BCUT2D eigenvalue weighted by atomic mass is 10.1. The van der Waals surface area contributed by atoms with Crippen LogP contribution in [0.1, 0.15) is 37.8 Å². The van der Waals surface area contributed by atoms with Crippen LogP contribution in [-0.2, 0) is 9.47 Å². The van der Waals surface area contributed by atoms with Crippen LogP contribution in [0.5, 0.6) is 0 Å². The first kappa shape index (κ1) is 12.8. The minimum atomic E-state index is 0.109. The van der Waals surface area contributed by atoms with Crippen LogP contribution in [0.2, 0.25) is 0 Å². The van der Waals surface area contributed by atoms with E-state index < -0.39 is 0 Å². The summed E-state index contributed by atoms with van der Waals surface area (Å²) in [5.74, 6) is 1.56. The lowest BCUT2D eigenvalue weighted by molar-refractivity contribution is -0.0529. The van der Waals surface area contributed by atoms with Gasteiger partial charge in [0.15, 0.2) is 0 Å². The molecule has 1 aliphatic heterocycles. The van der Waals surface area contributed by atoms with Crippen LogP contribution in [-0.4, -0.2) is 41.9 Å². The first-order chi connectivity index (χ1) is 9.36. The van der Waals surface area contributed by atoms with Gasteiger partial charge in [-0.2, -0.15) is 0 Å². The maximum atomic E-state index is 5.73. The Labute approximate surface area is 113 Å². The number of hydrogen-bond acceptors (Lipinski definition) is 5. The maximum Gasteiger partial charge on any atom is 0.129 e. The first-order valence-electron chi connectivity index (χ1n) is 7.14. The molecule has 5 heteroatoms. The van der Waals surface area contributed by atoms with E-state index in [-0.39, 0.29) is 12.1 Å². The van der Waals surface area contributed by atoms with E-state index in [1.54, 1.807) is 6.33 Å². The number of aromatic nitrogens is 2. The highest BCUT2D eigenvalue weighted by Gasteiger charge is 2.28. The second-order valence-corrected chi connectivity index (χ2v) is 5.21. The van der Waals surface area contributed by atoms with Crippen LogP contribution in [0.25, 0.3) is 0 Å². The zero-order chi connectivity index (χ0) is 13.1. The van der Waals surface area contributed by atoms with Gasteiger partial charge in [-0.3, -0.25) is 0 Å². The third-order valence-corrected chi connectivity index (χ3v) is 3.70. The molecule has 0 aromatic carbocycles. The molecule has 0 spiro atoms. The Hall–Kier alpha value is -1.20. The minimum Gasteiger partial charge on any atom is -0.379 e. The molecule has 0 radical (unpaired) electrons. The van der Waals surface area contributed by atoms with Gasteiger partial charge >= 0.3 is 0 Å². The summed E-state index contributed by atoms with van der Waals surface area (Å²) in [5.41, 5.74) is 1.16. The molecule has 0 bridgehead atoms. The van der Waals surface area contributed by atoms with E-state index in [1.807, 2.05) is 6.92 Å². The molecular formula is C14H21N3O2. The van der Waals surface area contributed by atoms with Gasteiger partial charge in [-0.25, -0.2) is 9.97 Å². The standard InChI is InChI=1S/C14H21N3O2/c1-2-19-13-8-18-6-5-11(13)17-14-7-12(10-3-4-10)15-9-16-14/h7,9-11,13H,2-6,8H2,1H3,(H,15,16,17)/t11-,13-/m1/s1. The van der Waals surface area contributed by atoms with Crippen molar-refractivity contribution in [2.24, 2.45) is 0 Å². The van der Waals surface area contributed by atoms with Crippen LogP contribution in [0.4, 0.5) is 5.82 Å². The second-order valence-electron chi connectivity index (χ2n) is 5.21. The Kier molecular flexibility index (Phi) is 3.94. The summed E-state index contributed by atoms with van der Waals surface area (Å²) < 4.78 is 11.2. The van der Waals surface area contributed by atoms with Crippen molar-refractivity contribution in [3.05, 3.63) is 18.1 Å². The second kappa shape index (κ2) is 5.84. The highest BCUT2D eigenvalue weighted by molar-refractivity contribution is 5.38. The topological polar surface area (TPSA) is 56.3 Å². The molecule has 0 unspecified atom stereocenters. The van der Waals surface area contributed by atoms with Crippen LogP contribution >= 0.6 is 0 Å². The molecule has 2 aliphatic rings. The van der Waals surface area contributed by atoms with Crippen molar-refractivity contribution in [3.8, 4) is 0 Å². The van der Waals surface area contributed by atoms with Gasteiger partial charge < -0.3 is 14.8 Å². The van der Waals surface area contributed by atoms with Crippen molar-refractivity contribution in [2.45, 2.75) is 44.2 Å². The molecule has 1 N–H and O–H groups in total. The van der Waals surface area contributed by atoms with Crippen LogP contribution in [0.15, 0.2) is 12.4 Å². The normalized spacial score (nSPS) is 27.2. The molecule has 0 amide bonds. The smallest absolute Gasteiger partial charge is 0.129 e. The van der Waals surface area contributed by atoms with Crippen molar-refractivity contribution >= 4 is 5.82 Å². The fourth-order valence-corrected chi connectivity index (χ4v) is 2.50. The number of hydrogen-bond donors (Lipinski definition) is 1. The highest BCUT2D eigenvalue weighted by Crippen LogP contribution is 2.39. The number of rotatable bonds is 5. The molecule has 2 heterocycles. The van der Waals surface area contributed by atoms with E-state index in [2.05, 4.69) is 21.4 Å². The number of nitrogens with zero attached hydrogens (tertiary/aromatic N) is 2. The Morgan fingerprint density at radius 1 is 1.37 bits per heavy atom. The quantitative estimate of drug-likeness (QED) is 0.880. The Bertz CT molecular complexity index is 421. The van der Waals surface area contributed by atoms with Gasteiger partial charge in [0.1, 0.15) is 18.2 Å². The van der Waals surface area contributed by atoms with Crippen LogP contribution < -0.4 is 5.32 Å². The fraction of sp³-hybridized carbons (Fsp3) is 0.714. The highest BCUT2D eigenvalue weighted by atomic mass is 16.5. The third-order valence-electron chi connectivity index (χ3n) is 3.70. The molecule has 1 aromatic heterocycles. The lowest BCUT2D eigenvalue weighted by Crippen LogP contribution is -2.43. The van der Waals surface area contributed by atoms with Gasteiger partial charge in [0.25, 0.3) is 0 Å². The van der Waals surface area contributed by atoms with Crippen molar-refractivity contribution in [1.82, 2.24) is 9.97 Å². The minimum absolute atomic E-state index is 0.109. The van der Waals surface area contributed by atoms with E-state index in [1.165, 1.54) is 12.8 Å². The summed E-state index contributed by atoms with van der Waals surface area (Å²) >= 11 is 0. The Morgan fingerprint density at radius 3 is 3.05 bits per heavy atom. The number of anilines is 1. The van der Waals surface area contributed by atoms with Crippen LogP contribution in [0, 0.1) is 0 Å². The lowest BCUT2D eigenvalue weighted by Gasteiger charge is -2.32. The molecule has 3 rings (SSSR count). The molecule has 19 heavy (non-hydrogen) atoms. The predicted octanol–water partition coefficient (Wildman–Crippen LogP) is 1.96. The Balaban J connectivity index is 1.66. The Morgan fingerprint density at radius 2 is 2.26 bits per heavy atom. The van der Waals surface area contributed by atoms with Gasteiger partial charge in [0, 0.05) is 30.9 Å². The molecule has 2 atom stereocenters. The number of nitrogens with one attached hydrogen (secondary N) is 1. The van der Waals surface area contributed by atoms with E-state index in [0.29, 0.717) is 19.1 Å². The van der Waals surface area contributed by atoms with E-state index >= 15 is 0 Å². The monoisotopic (exact) mass is 263 g/mol. The summed E-state index contributed by atoms with van der Waals surface area (Å²) in [5, 5.41) is 3.48. The summed E-state index contributed by atoms with van der Waals surface area (Å²) in [7, 11) is 0. The summed E-state index contributed by atoms with van der Waals surface area (Å²) in [4.78, 5) is 8.66. The predicted molar refractivity (Wildman–Crippen MR) is 72.3 cm³/mol. The molecular weight excluding hydrogens is 242 g/mol. The largest absolute Gasteiger partial charge is 0.379 e. The van der Waals surface area contributed by atoms with E-state index in [4.69, 9.17) is 9.47 Å². The van der Waals surface area contributed by atoms with Crippen LogP contribution in [0.3, 0.4) is 0 Å². The average molecular weight is 263 g/mol. The molecule has 1 saturated heterocycles. The maximum absolute atomic E-state index is 5.73. The molecule has 2 fully saturated rings. The van der Waals surface area contributed by atoms with Gasteiger partial charge in [0.2, 0.25) is 0 Å². The molecule has 1 saturated carbocycles.